The van der Waals surface area contributed by atoms with Gasteiger partial charge in [0.15, 0.2) is 5.78 Å². The number of hydrogen-bond acceptors (Lipinski definition) is 4. The Kier molecular flexibility index (Phi) is 3.56. The Balaban J connectivity index is 1.87. The van der Waals surface area contributed by atoms with Crippen LogP contribution in [0.3, 0.4) is 0 Å². The lowest BCUT2D eigenvalue weighted by Gasteiger charge is -2.38. The van der Waals surface area contributed by atoms with Gasteiger partial charge in [0.05, 0.1) is 5.57 Å². The SMILES string of the molecule is CC1(C)CC2(C=C(C#N)C1=O)CCN(C(=O)c1ccncc1)C2. The van der Waals surface area contributed by atoms with E-state index in [4.69, 9.17) is 0 Å². The molecule has 1 amide bonds. The molecular formula is C18H19N3O2. The zero-order chi connectivity index (χ0) is 16.7. The van der Waals surface area contributed by atoms with Crippen molar-refractivity contribution in [1.29, 1.82) is 5.26 Å². The van der Waals surface area contributed by atoms with Crippen LogP contribution in [0.1, 0.15) is 37.0 Å². The molecule has 118 valence electrons. The Hall–Kier alpha value is -2.48. The molecule has 1 unspecified atom stereocenters. The van der Waals surface area contributed by atoms with E-state index in [1.54, 1.807) is 30.6 Å². The summed E-state index contributed by atoms with van der Waals surface area (Å²) in [5, 5.41) is 9.26. The summed E-state index contributed by atoms with van der Waals surface area (Å²) in [6.07, 6.45) is 6.47. The predicted molar refractivity (Wildman–Crippen MR) is 84.3 cm³/mol. The monoisotopic (exact) mass is 309 g/mol. The molecule has 1 aliphatic carbocycles. The first-order valence-corrected chi connectivity index (χ1v) is 7.74. The third kappa shape index (κ3) is 2.65. The smallest absolute Gasteiger partial charge is 0.253 e. The molecule has 0 bridgehead atoms. The van der Waals surface area contributed by atoms with Crippen LogP contribution >= 0.6 is 0 Å². The molecule has 1 aliphatic heterocycles. The number of ketones is 1. The maximum absolute atomic E-state index is 12.6. The second-order valence-corrected chi connectivity index (χ2v) is 7.13. The summed E-state index contributed by atoms with van der Waals surface area (Å²) >= 11 is 0. The number of nitrogens with zero attached hydrogens (tertiary/aromatic N) is 3. The molecular weight excluding hydrogens is 290 g/mol. The molecule has 1 aromatic rings. The molecule has 1 spiro atoms. The number of carbonyl (C=O) groups excluding carboxylic acids is 2. The minimum atomic E-state index is -0.560. The first kappa shape index (κ1) is 15.4. The van der Waals surface area contributed by atoms with Crippen molar-refractivity contribution < 1.29 is 9.59 Å². The second kappa shape index (κ2) is 5.31. The Morgan fingerprint density at radius 3 is 2.70 bits per heavy atom. The van der Waals surface area contributed by atoms with Crippen molar-refractivity contribution >= 4 is 11.7 Å². The summed E-state index contributed by atoms with van der Waals surface area (Å²) in [4.78, 5) is 30.6. The lowest BCUT2D eigenvalue weighted by atomic mass is 9.64. The third-order valence-electron chi connectivity index (χ3n) is 4.82. The maximum Gasteiger partial charge on any atom is 0.253 e. The fourth-order valence-electron chi connectivity index (χ4n) is 3.84. The predicted octanol–water partition coefficient (Wildman–Crippen LogP) is 2.36. The van der Waals surface area contributed by atoms with Crippen LogP contribution in [-0.2, 0) is 4.79 Å². The standard InChI is InChI=1S/C18H19N3O2/c1-17(2)11-18(9-14(10-19)15(17)22)5-8-21(12-18)16(23)13-3-6-20-7-4-13/h3-4,6-7,9H,5,8,11-12H2,1-2H3. The van der Waals surface area contributed by atoms with Crippen molar-refractivity contribution in [2.75, 3.05) is 13.1 Å². The summed E-state index contributed by atoms with van der Waals surface area (Å²) in [6.45, 7) is 4.96. The average molecular weight is 309 g/mol. The highest BCUT2D eigenvalue weighted by atomic mass is 16.2. The van der Waals surface area contributed by atoms with E-state index in [1.165, 1.54) is 0 Å². The largest absolute Gasteiger partial charge is 0.338 e. The zero-order valence-electron chi connectivity index (χ0n) is 13.4. The molecule has 0 saturated carbocycles. The van der Waals surface area contributed by atoms with Crippen molar-refractivity contribution in [3.63, 3.8) is 0 Å². The van der Waals surface area contributed by atoms with Gasteiger partial charge in [0.2, 0.25) is 0 Å². The van der Waals surface area contributed by atoms with Crippen molar-refractivity contribution in [2.45, 2.75) is 26.7 Å². The highest BCUT2D eigenvalue weighted by Crippen LogP contribution is 2.48. The van der Waals surface area contributed by atoms with Gasteiger partial charge in [-0.3, -0.25) is 14.6 Å². The van der Waals surface area contributed by atoms with Gasteiger partial charge in [-0.2, -0.15) is 5.26 Å². The molecule has 1 atom stereocenters. The molecule has 0 radical (unpaired) electrons. The highest BCUT2D eigenvalue weighted by Gasteiger charge is 2.48. The number of Topliss-reactive ketones (excluding diaryl/α,β-unsaturated/α-hetero) is 1. The molecule has 1 saturated heterocycles. The molecule has 2 aliphatic rings. The van der Waals surface area contributed by atoms with Crippen LogP contribution in [0, 0.1) is 22.2 Å². The number of carbonyl (C=O) groups is 2. The van der Waals surface area contributed by atoms with Crippen molar-refractivity contribution in [1.82, 2.24) is 9.88 Å². The zero-order valence-corrected chi connectivity index (χ0v) is 13.4. The Morgan fingerprint density at radius 2 is 2.04 bits per heavy atom. The van der Waals surface area contributed by atoms with Crippen LogP contribution in [0.5, 0.6) is 0 Å². The first-order chi connectivity index (χ1) is 10.9. The van der Waals surface area contributed by atoms with E-state index in [-0.39, 0.29) is 22.7 Å². The molecule has 1 fully saturated rings. The van der Waals surface area contributed by atoms with Crippen LogP contribution in [-0.4, -0.2) is 34.7 Å². The van der Waals surface area contributed by atoms with E-state index >= 15 is 0 Å². The quantitative estimate of drug-likeness (QED) is 0.798. The molecule has 0 N–H and O–H groups in total. The minimum Gasteiger partial charge on any atom is -0.338 e. The molecule has 23 heavy (non-hydrogen) atoms. The van der Waals surface area contributed by atoms with E-state index in [0.29, 0.717) is 25.1 Å². The van der Waals surface area contributed by atoms with Gasteiger partial charge in [0.25, 0.3) is 5.91 Å². The number of aromatic nitrogens is 1. The van der Waals surface area contributed by atoms with Crippen molar-refractivity contribution in [3.05, 3.63) is 41.7 Å². The minimum absolute atomic E-state index is 0.0223. The van der Waals surface area contributed by atoms with Crippen LogP contribution in [0.4, 0.5) is 0 Å². The summed E-state index contributed by atoms with van der Waals surface area (Å²) in [7, 11) is 0. The van der Waals surface area contributed by atoms with Crippen molar-refractivity contribution in [3.8, 4) is 6.07 Å². The van der Waals surface area contributed by atoms with Gasteiger partial charge in [-0.1, -0.05) is 19.9 Å². The van der Waals surface area contributed by atoms with Gasteiger partial charge >= 0.3 is 0 Å². The lowest BCUT2D eigenvalue weighted by molar-refractivity contribution is -0.125. The molecule has 2 heterocycles. The Bertz CT molecular complexity index is 730. The molecule has 0 aromatic carbocycles. The average Bonchev–Trinajstić information content (AvgIpc) is 2.94. The van der Waals surface area contributed by atoms with Gasteiger partial charge in [-0.15, -0.1) is 0 Å². The molecule has 3 rings (SSSR count). The van der Waals surface area contributed by atoms with E-state index in [1.807, 2.05) is 24.8 Å². The fourth-order valence-corrected chi connectivity index (χ4v) is 3.84. The summed E-state index contributed by atoms with van der Waals surface area (Å²) in [5.41, 5.74) is 0.0212. The lowest BCUT2D eigenvalue weighted by Crippen LogP contribution is -2.40. The number of hydrogen-bond donors (Lipinski definition) is 0. The highest BCUT2D eigenvalue weighted by molar-refractivity contribution is 6.03. The van der Waals surface area contributed by atoms with Gasteiger partial charge in [-0.25, -0.2) is 0 Å². The second-order valence-electron chi connectivity index (χ2n) is 7.13. The van der Waals surface area contributed by atoms with E-state index < -0.39 is 5.41 Å². The Morgan fingerprint density at radius 1 is 1.35 bits per heavy atom. The van der Waals surface area contributed by atoms with Crippen molar-refractivity contribution in [2.24, 2.45) is 10.8 Å². The number of rotatable bonds is 1. The van der Waals surface area contributed by atoms with E-state index in [9.17, 15) is 14.9 Å². The molecule has 5 heteroatoms. The van der Waals surface area contributed by atoms with Crippen LogP contribution in [0.2, 0.25) is 0 Å². The van der Waals surface area contributed by atoms with Gasteiger partial charge < -0.3 is 4.90 Å². The number of allylic oxidation sites excluding steroid dienone is 1. The normalized spacial score (nSPS) is 26.0. The first-order valence-electron chi connectivity index (χ1n) is 7.74. The third-order valence-corrected chi connectivity index (χ3v) is 4.82. The maximum atomic E-state index is 12.6. The van der Waals surface area contributed by atoms with Crippen LogP contribution in [0.25, 0.3) is 0 Å². The fraction of sp³-hybridized carbons (Fsp3) is 0.444. The molecule has 5 nitrogen and oxygen atoms in total. The number of nitriles is 1. The van der Waals surface area contributed by atoms with E-state index in [2.05, 4.69) is 4.98 Å². The summed E-state index contributed by atoms with van der Waals surface area (Å²) < 4.78 is 0. The topological polar surface area (TPSA) is 74.1 Å². The van der Waals surface area contributed by atoms with Gasteiger partial charge in [0.1, 0.15) is 6.07 Å². The number of likely N-dealkylation sites (tertiary alicyclic amines) is 1. The molecule has 1 aromatic heterocycles. The number of amides is 1. The number of pyridine rings is 1. The van der Waals surface area contributed by atoms with Gasteiger partial charge in [-0.05, 0) is 25.0 Å². The van der Waals surface area contributed by atoms with Crippen LogP contribution in [0.15, 0.2) is 36.2 Å². The summed E-state index contributed by atoms with van der Waals surface area (Å²) in [6, 6.07) is 5.45. The summed E-state index contributed by atoms with van der Waals surface area (Å²) in [5.74, 6) is -0.115. The Labute approximate surface area is 135 Å². The van der Waals surface area contributed by atoms with E-state index in [0.717, 1.165) is 6.42 Å². The van der Waals surface area contributed by atoms with Crippen LogP contribution < -0.4 is 0 Å². The van der Waals surface area contributed by atoms with Gasteiger partial charge in [0, 0.05) is 41.9 Å².